The number of hydrogen-bond donors (Lipinski definition) is 1. The van der Waals surface area contributed by atoms with Gasteiger partial charge in [0.25, 0.3) is 0 Å². The third kappa shape index (κ3) is 6.21. The van der Waals surface area contributed by atoms with Crippen molar-refractivity contribution in [3.05, 3.63) is 17.5 Å². The number of aliphatic hydroxyl groups is 1. The lowest BCUT2D eigenvalue weighted by Crippen LogP contribution is -2.16. The molecule has 0 spiro atoms. The highest BCUT2D eigenvalue weighted by molar-refractivity contribution is 5.26. The average Bonchev–Trinajstić information content (AvgIpc) is 2.80. The molecule has 0 aliphatic heterocycles. The van der Waals surface area contributed by atoms with Crippen LogP contribution in [0.15, 0.2) is 6.20 Å². The molecule has 3 nitrogen and oxygen atoms in total. The van der Waals surface area contributed by atoms with Crippen molar-refractivity contribution >= 4 is 0 Å². The molecule has 21 heavy (non-hydrogen) atoms. The standard InChI is InChI=1S/C18H34N2O/c1-6-7-8-9-10-11-12-13-16(21)15-14-20(5)19-17(15)18(2,3)4/h14,16,21H,6-13H2,1-5H3. The second-order valence-electron chi connectivity index (χ2n) is 7.28. The lowest BCUT2D eigenvalue weighted by Gasteiger charge is -2.20. The van der Waals surface area contributed by atoms with Gasteiger partial charge in [-0.2, -0.15) is 5.10 Å². The van der Waals surface area contributed by atoms with E-state index in [1.807, 2.05) is 17.9 Å². The Labute approximate surface area is 130 Å². The molecular formula is C18H34N2O. The molecule has 1 heterocycles. The summed E-state index contributed by atoms with van der Waals surface area (Å²) in [6, 6.07) is 0. The first-order valence-electron chi connectivity index (χ1n) is 8.58. The van der Waals surface area contributed by atoms with Gasteiger partial charge in [0, 0.05) is 24.2 Å². The van der Waals surface area contributed by atoms with Crippen LogP contribution in [-0.2, 0) is 12.5 Å². The van der Waals surface area contributed by atoms with Crippen molar-refractivity contribution in [2.75, 3.05) is 0 Å². The zero-order valence-electron chi connectivity index (χ0n) is 14.7. The van der Waals surface area contributed by atoms with Crippen molar-refractivity contribution in [3.63, 3.8) is 0 Å². The normalized spacial score (nSPS) is 13.6. The van der Waals surface area contributed by atoms with Crippen molar-refractivity contribution in [1.29, 1.82) is 0 Å². The smallest absolute Gasteiger partial charge is 0.0823 e. The largest absolute Gasteiger partial charge is 0.388 e. The Bertz CT molecular complexity index is 404. The van der Waals surface area contributed by atoms with E-state index in [2.05, 4.69) is 32.8 Å². The Morgan fingerprint density at radius 1 is 1.10 bits per heavy atom. The van der Waals surface area contributed by atoms with Gasteiger partial charge in [-0.25, -0.2) is 0 Å². The van der Waals surface area contributed by atoms with Gasteiger partial charge in [0.15, 0.2) is 0 Å². The molecule has 0 saturated carbocycles. The number of rotatable bonds is 9. The Balaban J connectivity index is 2.40. The quantitative estimate of drug-likeness (QED) is 0.658. The molecule has 0 amide bonds. The molecule has 0 saturated heterocycles. The zero-order valence-corrected chi connectivity index (χ0v) is 14.7. The van der Waals surface area contributed by atoms with Crippen LogP contribution in [-0.4, -0.2) is 14.9 Å². The number of unbranched alkanes of at least 4 members (excludes halogenated alkanes) is 6. The maximum absolute atomic E-state index is 10.5. The number of aliphatic hydroxyl groups excluding tert-OH is 1. The highest BCUT2D eigenvalue weighted by Crippen LogP contribution is 2.30. The third-order valence-corrected chi connectivity index (χ3v) is 4.01. The average molecular weight is 294 g/mol. The molecule has 0 aliphatic rings. The minimum absolute atomic E-state index is 0.0161. The summed E-state index contributed by atoms with van der Waals surface area (Å²) < 4.78 is 1.82. The van der Waals surface area contributed by atoms with E-state index in [1.54, 1.807) is 0 Å². The van der Waals surface area contributed by atoms with Crippen molar-refractivity contribution in [3.8, 4) is 0 Å². The lowest BCUT2D eigenvalue weighted by atomic mass is 9.87. The van der Waals surface area contributed by atoms with Gasteiger partial charge in [0.05, 0.1) is 11.8 Å². The highest BCUT2D eigenvalue weighted by atomic mass is 16.3. The maximum atomic E-state index is 10.5. The Kier molecular flexibility index (Phi) is 7.44. The van der Waals surface area contributed by atoms with E-state index >= 15 is 0 Å². The lowest BCUT2D eigenvalue weighted by molar-refractivity contribution is 0.161. The van der Waals surface area contributed by atoms with Crippen LogP contribution in [0.2, 0.25) is 0 Å². The number of nitrogens with zero attached hydrogens (tertiary/aromatic N) is 2. The van der Waals surface area contributed by atoms with Crippen LogP contribution in [0.5, 0.6) is 0 Å². The van der Waals surface area contributed by atoms with Gasteiger partial charge in [-0.15, -0.1) is 0 Å². The van der Waals surface area contributed by atoms with Crippen LogP contribution in [0.3, 0.4) is 0 Å². The summed E-state index contributed by atoms with van der Waals surface area (Å²) in [5.41, 5.74) is 2.02. The van der Waals surface area contributed by atoms with Gasteiger partial charge in [-0.05, 0) is 6.42 Å². The summed E-state index contributed by atoms with van der Waals surface area (Å²) in [7, 11) is 1.93. The van der Waals surface area contributed by atoms with Crippen molar-refractivity contribution in [2.24, 2.45) is 7.05 Å². The first kappa shape index (κ1) is 18.2. The summed E-state index contributed by atoms with van der Waals surface area (Å²) in [6.07, 6.45) is 11.4. The molecule has 1 rings (SSSR count). The molecule has 0 bridgehead atoms. The second kappa shape index (κ2) is 8.57. The molecule has 1 aromatic rings. The predicted molar refractivity (Wildman–Crippen MR) is 89.5 cm³/mol. The second-order valence-corrected chi connectivity index (χ2v) is 7.28. The molecule has 0 aliphatic carbocycles. The maximum Gasteiger partial charge on any atom is 0.0823 e. The fraction of sp³-hybridized carbons (Fsp3) is 0.833. The fourth-order valence-electron chi connectivity index (χ4n) is 2.78. The van der Waals surface area contributed by atoms with Gasteiger partial charge in [-0.1, -0.05) is 72.6 Å². The van der Waals surface area contributed by atoms with E-state index in [0.29, 0.717) is 0 Å². The van der Waals surface area contributed by atoms with Crippen LogP contribution < -0.4 is 0 Å². The van der Waals surface area contributed by atoms with Crippen LogP contribution >= 0.6 is 0 Å². The molecule has 1 N–H and O–H groups in total. The molecule has 0 fully saturated rings. The summed E-state index contributed by atoms with van der Waals surface area (Å²) in [6.45, 7) is 8.70. The monoisotopic (exact) mass is 294 g/mol. The summed E-state index contributed by atoms with van der Waals surface area (Å²) >= 11 is 0. The van der Waals surface area contributed by atoms with Gasteiger partial charge in [0.1, 0.15) is 0 Å². The van der Waals surface area contributed by atoms with Crippen molar-refractivity contribution in [1.82, 2.24) is 9.78 Å². The van der Waals surface area contributed by atoms with Gasteiger partial charge in [0.2, 0.25) is 0 Å². The van der Waals surface area contributed by atoms with Gasteiger partial charge in [-0.3, -0.25) is 4.68 Å². The van der Waals surface area contributed by atoms with E-state index in [9.17, 15) is 5.11 Å². The van der Waals surface area contributed by atoms with E-state index in [4.69, 9.17) is 0 Å². The molecule has 3 heteroatoms. The molecule has 1 unspecified atom stereocenters. The first-order chi connectivity index (χ1) is 9.86. The molecule has 1 aromatic heterocycles. The van der Waals surface area contributed by atoms with Crippen LogP contribution in [0.25, 0.3) is 0 Å². The molecule has 0 aromatic carbocycles. The van der Waals surface area contributed by atoms with Gasteiger partial charge >= 0.3 is 0 Å². The Morgan fingerprint density at radius 2 is 1.67 bits per heavy atom. The number of hydrogen-bond acceptors (Lipinski definition) is 2. The first-order valence-corrected chi connectivity index (χ1v) is 8.58. The van der Waals surface area contributed by atoms with Crippen molar-refractivity contribution < 1.29 is 5.11 Å². The minimum Gasteiger partial charge on any atom is -0.388 e. The van der Waals surface area contributed by atoms with E-state index in [1.165, 1.54) is 38.5 Å². The molecule has 1 atom stereocenters. The Hall–Kier alpha value is -0.830. The van der Waals surface area contributed by atoms with E-state index in [0.717, 1.165) is 24.1 Å². The van der Waals surface area contributed by atoms with Crippen LogP contribution in [0.1, 0.15) is 96.4 Å². The molecule has 122 valence electrons. The third-order valence-electron chi connectivity index (χ3n) is 4.01. The number of aryl methyl sites for hydroxylation is 1. The van der Waals surface area contributed by atoms with E-state index < -0.39 is 0 Å². The minimum atomic E-state index is -0.372. The van der Waals surface area contributed by atoms with Crippen LogP contribution in [0, 0.1) is 0 Å². The number of aromatic nitrogens is 2. The topological polar surface area (TPSA) is 38.0 Å². The summed E-state index contributed by atoms with van der Waals surface area (Å²) in [5.74, 6) is 0. The van der Waals surface area contributed by atoms with Crippen LogP contribution in [0.4, 0.5) is 0 Å². The zero-order chi connectivity index (χ0) is 15.9. The molecule has 0 radical (unpaired) electrons. The SMILES string of the molecule is CCCCCCCCCC(O)c1cn(C)nc1C(C)(C)C. The fourth-order valence-corrected chi connectivity index (χ4v) is 2.78. The highest BCUT2D eigenvalue weighted by Gasteiger charge is 2.25. The van der Waals surface area contributed by atoms with Crippen molar-refractivity contribution in [2.45, 2.75) is 90.6 Å². The summed E-state index contributed by atoms with van der Waals surface area (Å²) in [5, 5.41) is 15.0. The van der Waals surface area contributed by atoms with E-state index in [-0.39, 0.29) is 11.5 Å². The molecular weight excluding hydrogens is 260 g/mol. The predicted octanol–water partition coefficient (Wildman–Crippen LogP) is 4.89. The Morgan fingerprint density at radius 3 is 2.24 bits per heavy atom. The summed E-state index contributed by atoms with van der Waals surface area (Å²) in [4.78, 5) is 0. The van der Waals surface area contributed by atoms with Gasteiger partial charge < -0.3 is 5.11 Å².